The van der Waals surface area contributed by atoms with E-state index in [2.05, 4.69) is 17.2 Å². The molecule has 0 fully saturated rings. The van der Waals surface area contributed by atoms with Gasteiger partial charge in [0.15, 0.2) is 0 Å². The summed E-state index contributed by atoms with van der Waals surface area (Å²) in [7, 11) is 1.85. The van der Waals surface area contributed by atoms with Gasteiger partial charge in [-0.25, -0.2) is 4.39 Å². The maximum atomic E-state index is 13.4. The Labute approximate surface area is 90.9 Å². The third-order valence-corrected chi connectivity index (χ3v) is 2.56. The van der Waals surface area contributed by atoms with Crippen LogP contribution in [0.3, 0.4) is 0 Å². The maximum Gasteiger partial charge on any atom is 0.146 e. The summed E-state index contributed by atoms with van der Waals surface area (Å²) in [6.07, 6.45) is 6.06. The fourth-order valence-corrected chi connectivity index (χ4v) is 1.67. The minimum Gasteiger partial charge on any atom is -0.312 e. The van der Waals surface area contributed by atoms with Gasteiger partial charge in [0.1, 0.15) is 5.82 Å². The molecule has 1 aromatic rings. The molecule has 1 rings (SSSR count). The summed E-state index contributed by atoms with van der Waals surface area (Å²) in [4.78, 5) is 4.09. The molecule has 0 saturated heterocycles. The van der Waals surface area contributed by atoms with Crippen LogP contribution in [0.15, 0.2) is 18.3 Å². The van der Waals surface area contributed by atoms with Gasteiger partial charge in [0.2, 0.25) is 0 Å². The molecule has 0 amide bonds. The Bertz CT molecular complexity index is 289. The molecule has 0 radical (unpaired) electrons. The number of pyridine rings is 1. The smallest absolute Gasteiger partial charge is 0.146 e. The van der Waals surface area contributed by atoms with Gasteiger partial charge in [-0.05, 0) is 25.6 Å². The highest BCUT2D eigenvalue weighted by Crippen LogP contribution is 2.19. The Hall–Kier alpha value is -0.960. The second-order valence-electron chi connectivity index (χ2n) is 3.71. The Balaban J connectivity index is 2.61. The molecule has 3 heteroatoms. The van der Waals surface area contributed by atoms with Crippen LogP contribution in [0, 0.1) is 5.82 Å². The van der Waals surface area contributed by atoms with Crippen LogP contribution < -0.4 is 5.32 Å². The van der Waals surface area contributed by atoms with E-state index in [-0.39, 0.29) is 11.9 Å². The van der Waals surface area contributed by atoms with Gasteiger partial charge in [0.05, 0.1) is 11.7 Å². The molecular weight excluding hydrogens is 191 g/mol. The highest BCUT2D eigenvalue weighted by Gasteiger charge is 2.14. The molecule has 2 nitrogen and oxygen atoms in total. The maximum absolute atomic E-state index is 13.4. The first kappa shape index (κ1) is 12.1. The normalized spacial score (nSPS) is 12.7. The molecule has 1 aromatic heterocycles. The molecule has 0 bridgehead atoms. The molecule has 1 atom stereocenters. The summed E-state index contributed by atoms with van der Waals surface area (Å²) in [5.41, 5.74) is 0.538. The van der Waals surface area contributed by atoms with E-state index in [1.807, 2.05) is 7.05 Å². The Morgan fingerprint density at radius 2 is 2.27 bits per heavy atom. The molecular formula is C12H19FN2. The van der Waals surface area contributed by atoms with Crippen molar-refractivity contribution in [3.63, 3.8) is 0 Å². The Morgan fingerprint density at radius 3 is 2.87 bits per heavy atom. The summed E-state index contributed by atoms with van der Waals surface area (Å²) in [6.45, 7) is 2.16. The summed E-state index contributed by atoms with van der Waals surface area (Å²) in [6, 6.07) is 3.13. The summed E-state index contributed by atoms with van der Waals surface area (Å²) in [5, 5.41) is 3.12. The Morgan fingerprint density at radius 1 is 1.47 bits per heavy atom. The molecule has 0 aliphatic rings. The lowest BCUT2D eigenvalue weighted by molar-refractivity contribution is 0.471. The molecule has 1 heterocycles. The van der Waals surface area contributed by atoms with E-state index < -0.39 is 0 Å². The lowest BCUT2D eigenvalue weighted by Gasteiger charge is -2.15. The number of nitrogens with zero attached hydrogens (tertiary/aromatic N) is 1. The lowest BCUT2D eigenvalue weighted by Crippen LogP contribution is -2.19. The standard InChI is InChI=1S/C12H19FN2/c1-3-4-5-8-11(14-2)12-10(13)7-6-9-15-12/h6-7,9,11,14H,3-5,8H2,1-2H3. The van der Waals surface area contributed by atoms with Crippen molar-refractivity contribution in [2.45, 2.75) is 38.6 Å². The molecule has 0 aromatic carbocycles. The molecule has 1 N–H and O–H groups in total. The van der Waals surface area contributed by atoms with Gasteiger partial charge in [-0.3, -0.25) is 4.98 Å². The molecule has 0 spiro atoms. The first-order valence-corrected chi connectivity index (χ1v) is 5.57. The average Bonchev–Trinajstić information content (AvgIpc) is 2.26. The van der Waals surface area contributed by atoms with Gasteiger partial charge in [-0.2, -0.15) is 0 Å². The number of hydrogen-bond donors (Lipinski definition) is 1. The average molecular weight is 210 g/mol. The van der Waals surface area contributed by atoms with E-state index in [1.54, 1.807) is 12.3 Å². The van der Waals surface area contributed by atoms with Crippen LogP contribution in [0.2, 0.25) is 0 Å². The Kier molecular flexibility index (Phi) is 5.26. The number of unbranched alkanes of at least 4 members (excludes halogenated alkanes) is 2. The van der Waals surface area contributed by atoms with Crippen molar-refractivity contribution in [2.24, 2.45) is 0 Å². The first-order valence-electron chi connectivity index (χ1n) is 5.57. The molecule has 0 aliphatic carbocycles. The van der Waals surface area contributed by atoms with Crippen molar-refractivity contribution in [1.29, 1.82) is 0 Å². The summed E-state index contributed by atoms with van der Waals surface area (Å²) in [5.74, 6) is -0.214. The van der Waals surface area contributed by atoms with Gasteiger partial charge in [-0.15, -0.1) is 0 Å². The van der Waals surface area contributed by atoms with Crippen molar-refractivity contribution in [1.82, 2.24) is 10.3 Å². The molecule has 84 valence electrons. The van der Waals surface area contributed by atoms with Gasteiger partial charge in [0, 0.05) is 6.20 Å². The topological polar surface area (TPSA) is 24.9 Å². The zero-order valence-corrected chi connectivity index (χ0v) is 9.46. The highest BCUT2D eigenvalue weighted by atomic mass is 19.1. The fraction of sp³-hybridized carbons (Fsp3) is 0.583. The monoisotopic (exact) mass is 210 g/mol. The van der Waals surface area contributed by atoms with Crippen molar-refractivity contribution in [3.8, 4) is 0 Å². The van der Waals surface area contributed by atoms with E-state index in [4.69, 9.17) is 0 Å². The lowest BCUT2D eigenvalue weighted by atomic mass is 10.0. The molecule has 0 aliphatic heterocycles. The van der Waals surface area contributed by atoms with E-state index >= 15 is 0 Å². The largest absolute Gasteiger partial charge is 0.312 e. The van der Waals surface area contributed by atoms with Crippen molar-refractivity contribution in [2.75, 3.05) is 7.05 Å². The quantitative estimate of drug-likeness (QED) is 0.730. The predicted octanol–water partition coefficient (Wildman–Crippen LogP) is 3.06. The van der Waals surface area contributed by atoms with Crippen molar-refractivity contribution in [3.05, 3.63) is 29.8 Å². The minimum atomic E-state index is -0.214. The summed E-state index contributed by atoms with van der Waals surface area (Å²) >= 11 is 0. The van der Waals surface area contributed by atoms with E-state index in [0.717, 1.165) is 12.8 Å². The predicted molar refractivity (Wildman–Crippen MR) is 60.1 cm³/mol. The van der Waals surface area contributed by atoms with Gasteiger partial charge in [-0.1, -0.05) is 26.2 Å². The van der Waals surface area contributed by atoms with Gasteiger partial charge in [0.25, 0.3) is 0 Å². The van der Waals surface area contributed by atoms with E-state index in [0.29, 0.717) is 5.69 Å². The number of aromatic nitrogens is 1. The van der Waals surface area contributed by atoms with Crippen molar-refractivity contribution < 1.29 is 4.39 Å². The van der Waals surface area contributed by atoms with Crippen LogP contribution in [0.5, 0.6) is 0 Å². The van der Waals surface area contributed by atoms with Crippen LogP contribution in [0.25, 0.3) is 0 Å². The van der Waals surface area contributed by atoms with Gasteiger partial charge >= 0.3 is 0 Å². The number of rotatable bonds is 6. The highest BCUT2D eigenvalue weighted by molar-refractivity contribution is 5.11. The fourth-order valence-electron chi connectivity index (χ4n) is 1.67. The number of nitrogens with one attached hydrogen (secondary N) is 1. The first-order chi connectivity index (χ1) is 7.29. The van der Waals surface area contributed by atoms with Crippen molar-refractivity contribution >= 4 is 0 Å². The van der Waals surface area contributed by atoms with E-state index in [1.165, 1.54) is 18.9 Å². The van der Waals surface area contributed by atoms with Crippen LogP contribution in [-0.4, -0.2) is 12.0 Å². The second kappa shape index (κ2) is 6.51. The minimum absolute atomic E-state index is 0.0396. The zero-order chi connectivity index (χ0) is 11.1. The van der Waals surface area contributed by atoms with Crippen LogP contribution in [0.1, 0.15) is 44.3 Å². The molecule has 1 unspecified atom stereocenters. The van der Waals surface area contributed by atoms with E-state index in [9.17, 15) is 4.39 Å². The second-order valence-corrected chi connectivity index (χ2v) is 3.71. The molecule has 15 heavy (non-hydrogen) atoms. The van der Waals surface area contributed by atoms with Crippen LogP contribution in [0.4, 0.5) is 4.39 Å². The number of hydrogen-bond acceptors (Lipinski definition) is 2. The third-order valence-electron chi connectivity index (χ3n) is 2.56. The molecule has 0 saturated carbocycles. The SMILES string of the molecule is CCCCCC(NC)c1ncccc1F. The van der Waals surface area contributed by atoms with Gasteiger partial charge < -0.3 is 5.32 Å². The number of halogens is 1. The summed E-state index contributed by atoms with van der Waals surface area (Å²) < 4.78 is 13.4. The van der Waals surface area contributed by atoms with Crippen LogP contribution >= 0.6 is 0 Å². The van der Waals surface area contributed by atoms with Crippen LogP contribution in [-0.2, 0) is 0 Å². The third kappa shape index (κ3) is 3.59. The zero-order valence-electron chi connectivity index (χ0n) is 9.46.